The van der Waals surface area contributed by atoms with Gasteiger partial charge in [0.05, 0.1) is 24.6 Å². The van der Waals surface area contributed by atoms with Crippen LogP contribution in [0.4, 0.5) is 13.2 Å². The van der Waals surface area contributed by atoms with Gasteiger partial charge in [-0.3, -0.25) is 0 Å². The molecule has 3 heterocycles. The van der Waals surface area contributed by atoms with Gasteiger partial charge in [-0.2, -0.15) is 0 Å². The Hall–Kier alpha value is -2.58. The van der Waals surface area contributed by atoms with Gasteiger partial charge in [0.1, 0.15) is 35.6 Å². The Labute approximate surface area is 230 Å². The summed E-state index contributed by atoms with van der Waals surface area (Å²) in [6.45, 7) is 3.82. The second-order valence-electron chi connectivity index (χ2n) is 11.3. The van der Waals surface area contributed by atoms with Crippen LogP contribution >= 0.6 is 0 Å². The van der Waals surface area contributed by atoms with Crippen LogP contribution in [0, 0.1) is 17.5 Å². The fourth-order valence-electron chi connectivity index (χ4n) is 6.18. The summed E-state index contributed by atoms with van der Waals surface area (Å²) in [6, 6.07) is 1.67. The molecule has 1 saturated heterocycles. The Balaban J connectivity index is 1.32. The van der Waals surface area contributed by atoms with Crippen LogP contribution in [0.2, 0.25) is 0 Å². The number of aliphatic hydroxyl groups is 2. The van der Waals surface area contributed by atoms with E-state index in [1.165, 1.54) is 18.0 Å². The van der Waals surface area contributed by atoms with Crippen LogP contribution in [0.5, 0.6) is 0 Å². The molecule has 40 heavy (non-hydrogen) atoms. The van der Waals surface area contributed by atoms with Crippen molar-refractivity contribution in [1.29, 1.82) is 0 Å². The normalized spacial score (nSPS) is 32.5. The standard InChI is InChI=1S/C27H36F3N5O5/c1-14(2)31-16-4-6-27(7-5-16)11-17(33-40-27)10-21-26(38-3)24(25(37)22(13-36)39-21)35-12-20(32-34-35)15-8-18(28)23(30)19(29)9-15/h8-9,12,14,16,21-22,24-26,31,36-37H,4-7,10-11,13H2,1-3H3/t16?,21-,22-,24+,25+,26+,27?/m1/s1. The molecule has 0 amide bonds. The first-order valence-electron chi connectivity index (χ1n) is 13.7. The van der Waals surface area contributed by atoms with Crippen molar-refractivity contribution in [3.05, 3.63) is 35.8 Å². The molecule has 2 fully saturated rings. The second kappa shape index (κ2) is 11.7. The van der Waals surface area contributed by atoms with Crippen molar-refractivity contribution in [3.8, 4) is 11.3 Å². The summed E-state index contributed by atoms with van der Waals surface area (Å²) in [4.78, 5) is 5.97. The predicted octanol–water partition coefficient (Wildman–Crippen LogP) is 2.88. The lowest BCUT2D eigenvalue weighted by Crippen LogP contribution is -2.57. The maximum atomic E-state index is 13.8. The number of hydrogen-bond donors (Lipinski definition) is 3. The molecule has 2 aliphatic heterocycles. The molecule has 1 saturated carbocycles. The van der Waals surface area contributed by atoms with Crippen LogP contribution < -0.4 is 5.32 Å². The molecule has 0 radical (unpaired) electrons. The van der Waals surface area contributed by atoms with Crippen LogP contribution in [0.1, 0.15) is 58.4 Å². The molecule has 0 bridgehead atoms. The number of halogens is 3. The van der Waals surface area contributed by atoms with Gasteiger partial charge in [0.2, 0.25) is 0 Å². The van der Waals surface area contributed by atoms with Gasteiger partial charge in [0.25, 0.3) is 0 Å². The molecule has 3 N–H and O–H groups in total. The number of nitrogens with zero attached hydrogens (tertiary/aromatic N) is 4. The zero-order valence-corrected chi connectivity index (χ0v) is 22.8. The molecular weight excluding hydrogens is 531 g/mol. The molecule has 1 aromatic carbocycles. The van der Waals surface area contributed by atoms with Crippen LogP contribution in [0.3, 0.4) is 0 Å². The number of rotatable bonds is 8. The largest absolute Gasteiger partial charge is 0.394 e. The minimum atomic E-state index is -1.58. The molecule has 10 nitrogen and oxygen atoms in total. The maximum Gasteiger partial charge on any atom is 0.194 e. The van der Waals surface area contributed by atoms with E-state index in [9.17, 15) is 23.4 Å². The van der Waals surface area contributed by atoms with E-state index in [1.807, 2.05) is 0 Å². The Morgan fingerprint density at radius 1 is 1.18 bits per heavy atom. The quantitative estimate of drug-likeness (QED) is 0.417. The minimum absolute atomic E-state index is 0.0190. The highest BCUT2D eigenvalue weighted by Crippen LogP contribution is 2.41. The SMILES string of the molecule is CO[C@@H]1[C@@H](n2cc(-c3cc(F)c(F)c(F)c3)nn2)[C@@H](O)[C@@H](CO)O[C@@H]1CC1=NOC2(CCC(NC(C)C)CC2)C1. The maximum absolute atomic E-state index is 13.8. The third-order valence-electron chi connectivity index (χ3n) is 8.13. The number of hydrogen-bond acceptors (Lipinski definition) is 9. The lowest BCUT2D eigenvalue weighted by Gasteiger charge is -2.43. The van der Waals surface area contributed by atoms with E-state index in [1.54, 1.807) is 0 Å². The molecule has 5 atom stereocenters. The number of aromatic nitrogens is 3. The van der Waals surface area contributed by atoms with E-state index >= 15 is 0 Å². The third kappa shape index (κ3) is 5.75. The summed E-state index contributed by atoms with van der Waals surface area (Å²) in [5.41, 5.74) is 0.527. The highest BCUT2D eigenvalue weighted by atomic mass is 19.2. The minimum Gasteiger partial charge on any atom is -0.394 e. The summed E-state index contributed by atoms with van der Waals surface area (Å²) in [7, 11) is 1.47. The Bertz CT molecular complexity index is 1200. The first kappa shape index (κ1) is 28.9. The van der Waals surface area contributed by atoms with Crippen LogP contribution in [-0.4, -0.2) is 86.7 Å². The van der Waals surface area contributed by atoms with Gasteiger partial charge in [-0.1, -0.05) is 24.2 Å². The van der Waals surface area contributed by atoms with Crippen LogP contribution in [-0.2, 0) is 14.3 Å². The Morgan fingerprint density at radius 2 is 1.88 bits per heavy atom. The fourth-order valence-corrected chi connectivity index (χ4v) is 6.18. The van der Waals surface area contributed by atoms with Gasteiger partial charge in [-0.15, -0.1) is 5.10 Å². The zero-order valence-electron chi connectivity index (χ0n) is 22.8. The number of oxime groups is 1. The first-order chi connectivity index (χ1) is 19.1. The molecule has 3 aliphatic rings. The molecule has 2 aromatic rings. The lowest BCUT2D eigenvalue weighted by atomic mass is 9.78. The summed E-state index contributed by atoms with van der Waals surface area (Å²) >= 11 is 0. The van der Waals surface area contributed by atoms with E-state index in [0.717, 1.165) is 43.5 Å². The van der Waals surface area contributed by atoms with Crippen LogP contribution in [0.15, 0.2) is 23.5 Å². The lowest BCUT2D eigenvalue weighted by molar-refractivity contribution is -0.210. The predicted molar refractivity (Wildman–Crippen MR) is 138 cm³/mol. The van der Waals surface area contributed by atoms with Gasteiger partial charge >= 0.3 is 0 Å². The van der Waals surface area contributed by atoms with Gasteiger partial charge < -0.3 is 29.8 Å². The average Bonchev–Trinajstić information content (AvgIpc) is 3.56. The van der Waals surface area contributed by atoms with E-state index in [-0.39, 0.29) is 16.9 Å². The average molecular weight is 568 g/mol. The Kier molecular flexibility index (Phi) is 8.48. The molecule has 1 aliphatic carbocycles. The molecule has 5 rings (SSSR count). The van der Waals surface area contributed by atoms with Crippen molar-refractivity contribution in [1.82, 2.24) is 20.3 Å². The van der Waals surface area contributed by atoms with Crippen molar-refractivity contribution in [2.24, 2.45) is 5.16 Å². The summed E-state index contributed by atoms with van der Waals surface area (Å²) in [5, 5.41) is 37.1. The number of nitrogens with one attached hydrogen (secondary N) is 1. The second-order valence-corrected chi connectivity index (χ2v) is 11.3. The number of ether oxygens (including phenoxy) is 2. The van der Waals surface area contributed by atoms with Crippen molar-refractivity contribution >= 4 is 5.71 Å². The highest BCUT2D eigenvalue weighted by Gasteiger charge is 2.49. The summed E-state index contributed by atoms with van der Waals surface area (Å²) in [5.74, 6) is -4.29. The molecule has 0 unspecified atom stereocenters. The first-order valence-corrected chi connectivity index (χ1v) is 13.7. The van der Waals surface area contributed by atoms with E-state index in [2.05, 4.69) is 34.6 Å². The molecule has 1 aromatic heterocycles. The van der Waals surface area contributed by atoms with Crippen molar-refractivity contribution < 1.29 is 37.7 Å². The van der Waals surface area contributed by atoms with Gasteiger partial charge in [0, 0.05) is 37.6 Å². The monoisotopic (exact) mass is 567 g/mol. The third-order valence-corrected chi connectivity index (χ3v) is 8.13. The van der Waals surface area contributed by atoms with E-state index < -0.39 is 54.5 Å². The fraction of sp³-hybridized carbons (Fsp3) is 0.667. The molecule has 220 valence electrons. The highest BCUT2D eigenvalue weighted by molar-refractivity contribution is 5.86. The number of aliphatic hydroxyl groups excluding tert-OH is 2. The van der Waals surface area contributed by atoms with Crippen molar-refractivity contribution in [2.75, 3.05) is 13.7 Å². The molecular formula is C27H36F3N5O5. The van der Waals surface area contributed by atoms with Crippen molar-refractivity contribution in [3.63, 3.8) is 0 Å². The van der Waals surface area contributed by atoms with Gasteiger partial charge in [-0.05, 0) is 37.8 Å². The van der Waals surface area contributed by atoms with Crippen LogP contribution in [0.25, 0.3) is 11.3 Å². The summed E-state index contributed by atoms with van der Waals surface area (Å²) < 4.78 is 54.2. The van der Waals surface area contributed by atoms with Gasteiger partial charge in [-0.25, -0.2) is 17.9 Å². The smallest absolute Gasteiger partial charge is 0.194 e. The van der Waals surface area contributed by atoms with Gasteiger partial charge in [0.15, 0.2) is 17.5 Å². The van der Waals surface area contributed by atoms with E-state index in [4.69, 9.17) is 14.3 Å². The Morgan fingerprint density at radius 3 is 2.50 bits per heavy atom. The van der Waals surface area contributed by atoms with E-state index in [0.29, 0.717) is 24.9 Å². The summed E-state index contributed by atoms with van der Waals surface area (Å²) in [6.07, 6.45) is 2.62. The van der Waals surface area contributed by atoms with Crippen molar-refractivity contribution in [2.45, 2.75) is 101 Å². The topological polar surface area (TPSA) is 123 Å². The number of methoxy groups -OCH3 is 1. The number of benzene rings is 1. The zero-order chi connectivity index (χ0) is 28.6. The molecule has 1 spiro atoms. The molecule has 13 heteroatoms.